The topological polar surface area (TPSA) is 41.1 Å². The van der Waals surface area contributed by atoms with Gasteiger partial charge in [-0.3, -0.25) is 4.79 Å². The molecule has 0 bridgehead atoms. The predicted octanol–water partition coefficient (Wildman–Crippen LogP) is 2.65. The quantitative estimate of drug-likeness (QED) is 0.845. The normalized spacial score (nSPS) is 12.2. The Bertz CT molecular complexity index is 410. The summed E-state index contributed by atoms with van der Waals surface area (Å²) in [6.45, 7) is 2.65. The average Bonchev–Trinajstić information content (AvgIpc) is 2.37. The minimum atomic E-state index is 0.0446. The lowest BCUT2D eigenvalue weighted by Gasteiger charge is -2.11. The van der Waals surface area contributed by atoms with Crippen LogP contribution < -0.4 is 10.6 Å². The Balaban J connectivity index is 2.36. The summed E-state index contributed by atoms with van der Waals surface area (Å²) < 4.78 is 0. The molecule has 2 N–H and O–H groups in total. The molecule has 1 aromatic carbocycles. The van der Waals surface area contributed by atoms with Gasteiger partial charge in [-0.1, -0.05) is 29.3 Å². The maximum Gasteiger partial charge on any atom is 0.220 e. The van der Waals surface area contributed by atoms with E-state index in [1.165, 1.54) is 0 Å². The third kappa shape index (κ3) is 5.25. The fraction of sp³-hybridized carbons (Fsp3) is 0.462. The molecule has 0 aliphatic carbocycles. The van der Waals surface area contributed by atoms with Crippen molar-refractivity contribution < 1.29 is 4.79 Å². The van der Waals surface area contributed by atoms with Gasteiger partial charge >= 0.3 is 0 Å². The van der Waals surface area contributed by atoms with Crippen LogP contribution in [0.5, 0.6) is 0 Å². The highest BCUT2D eigenvalue weighted by molar-refractivity contribution is 6.42. The van der Waals surface area contributed by atoms with Gasteiger partial charge in [0.15, 0.2) is 0 Å². The van der Waals surface area contributed by atoms with E-state index in [-0.39, 0.29) is 11.9 Å². The number of rotatable bonds is 6. The third-order valence-electron chi connectivity index (χ3n) is 2.72. The third-order valence-corrected chi connectivity index (χ3v) is 3.46. The van der Waals surface area contributed by atoms with Crippen molar-refractivity contribution in [2.75, 3.05) is 13.6 Å². The summed E-state index contributed by atoms with van der Waals surface area (Å²) in [4.78, 5) is 11.6. The lowest BCUT2D eigenvalue weighted by molar-refractivity contribution is -0.121. The molecule has 0 saturated carbocycles. The van der Waals surface area contributed by atoms with Crippen LogP contribution in [0.2, 0.25) is 10.0 Å². The van der Waals surface area contributed by atoms with Crippen LogP contribution in [0.25, 0.3) is 0 Å². The van der Waals surface area contributed by atoms with Crippen LogP contribution in [0, 0.1) is 0 Å². The highest BCUT2D eigenvalue weighted by Crippen LogP contribution is 2.23. The van der Waals surface area contributed by atoms with Crippen molar-refractivity contribution in [1.82, 2.24) is 10.6 Å². The lowest BCUT2D eigenvalue weighted by atomic mass is 10.1. The average molecular weight is 289 g/mol. The molecule has 1 atom stereocenters. The second kappa shape index (κ2) is 7.62. The van der Waals surface area contributed by atoms with Crippen molar-refractivity contribution in [3.05, 3.63) is 33.8 Å². The second-order valence-electron chi connectivity index (χ2n) is 4.24. The molecule has 0 aliphatic rings. The van der Waals surface area contributed by atoms with Gasteiger partial charge in [-0.15, -0.1) is 0 Å². The highest BCUT2D eigenvalue weighted by Gasteiger charge is 2.05. The van der Waals surface area contributed by atoms with E-state index in [0.29, 0.717) is 29.4 Å². The Morgan fingerprint density at radius 1 is 1.33 bits per heavy atom. The fourth-order valence-electron chi connectivity index (χ4n) is 1.41. The van der Waals surface area contributed by atoms with Crippen molar-refractivity contribution in [2.24, 2.45) is 0 Å². The molecule has 0 radical (unpaired) electrons. The lowest BCUT2D eigenvalue weighted by Crippen LogP contribution is -2.37. The largest absolute Gasteiger partial charge is 0.355 e. The predicted molar refractivity (Wildman–Crippen MR) is 76.3 cm³/mol. The first kappa shape index (κ1) is 15.3. The van der Waals surface area contributed by atoms with Crippen LogP contribution in [-0.2, 0) is 11.2 Å². The number of amides is 1. The van der Waals surface area contributed by atoms with E-state index in [0.717, 1.165) is 5.56 Å². The van der Waals surface area contributed by atoms with Crippen LogP contribution in [0.3, 0.4) is 0 Å². The first-order valence-electron chi connectivity index (χ1n) is 5.91. The van der Waals surface area contributed by atoms with Crippen LogP contribution in [0.4, 0.5) is 0 Å². The zero-order valence-electron chi connectivity index (χ0n) is 10.6. The molecular weight excluding hydrogens is 271 g/mol. The molecule has 1 unspecified atom stereocenters. The first-order chi connectivity index (χ1) is 8.52. The Hall–Kier alpha value is -0.770. The molecule has 18 heavy (non-hydrogen) atoms. The smallest absolute Gasteiger partial charge is 0.220 e. The number of aryl methyl sites for hydroxylation is 1. The summed E-state index contributed by atoms with van der Waals surface area (Å²) in [6, 6.07) is 5.71. The van der Waals surface area contributed by atoms with Gasteiger partial charge in [0.1, 0.15) is 0 Å². The number of hydrogen-bond acceptors (Lipinski definition) is 2. The number of hydrogen-bond donors (Lipinski definition) is 2. The van der Waals surface area contributed by atoms with E-state index in [1.807, 2.05) is 20.0 Å². The van der Waals surface area contributed by atoms with Gasteiger partial charge in [-0.05, 0) is 38.1 Å². The summed E-state index contributed by atoms with van der Waals surface area (Å²) in [6.07, 6.45) is 1.12. The van der Waals surface area contributed by atoms with Gasteiger partial charge < -0.3 is 10.6 Å². The van der Waals surface area contributed by atoms with Crippen LogP contribution in [0.1, 0.15) is 18.9 Å². The van der Waals surface area contributed by atoms with Gasteiger partial charge in [-0.2, -0.15) is 0 Å². The minimum absolute atomic E-state index is 0.0446. The molecule has 1 aromatic rings. The number of benzene rings is 1. The molecule has 0 heterocycles. The number of carbonyl (C=O) groups excluding carboxylic acids is 1. The van der Waals surface area contributed by atoms with Crippen LogP contribution >= 0.6 is 23.2 Å². The SMILES string of the molecule is CNC(C)CNC(=O)CCc1ccc(Cl)c(Cl)c1. The van der Waals surface area contributed by atoms with E-state index in [4.69, 9.17) is 23.2 Å². The molecule has 0 fully saturated rings. The van der Waals surface area contributed by atoms with E-state index in [1.54, 1.807) is 12.1 Å². The first-order valence-corrected chi connectivity index (χ1v) is 6.66. The zero-order valence-corrected chi connectivity index (χ0v) is 12.1. The number of nitrogens with one attached hydrogen (secondary N) is 2. The summed E-state index contributed by atoms with van der Waals surface area (Å²) in [5.41, 5.74) is 1.02. The Morgan fingerprint density at radius 3 is 2.67 bits per heavy atom. The van der Waals surface area contributed by atoms with Crippen molar-refractivity contribution in [2.45, 2.75) is 25.8 Å². The highest BCUT2D eigenvalue weighted by atomic mass is 35.5. The summed E-state index contributed by atoms with van der Waals surface area (Å²) in [5.74, 6) is 0.0446. The van der Waals surface area contributed by atoms with E-state index >= 15 is 0 Å². The van der Waals surface area contributed by atoms with Gasteiger partial charge in [0.25, 0.3) is 0 Å². The van der Waals surface area contributed by atoms with Gasteiger partial charge in [0, 0.05) is 19.0 Å². The summed E-state index contributed by atoms with van der Waals surface area (Å²) in [7, 11) is 1.87. The van der Waals surface area contributed by atoms with Crippen molar-refractivity contribution in [3.8, 4) is 0 Å². The van der Waals surface area contributed by atoms with E-state index in [9.17, 15) is 4.79 Å². The molecule has 5 heteroatoms. The molecule has 100 valence electrons. The minimum Gasteiger partial charge on any atom is -0.355 e. The fourth-order valence-corrected chi connectivity index (χ4v) is 1.73. The van der Waals surface area contributed by atoms with Crippen LogP contribution in [0.15, 0.2) is 18.2 Å². The molecule has 0 spiro atoms. The summed E-state index contributed by atoms with van der Waals surface area (Å²) in [5, 5.41) is 6.99. The second-order valence-corrected chi connectivity index (χ2v) is 5.06. The number of carbonyl (C=O) groups is 1. The number of likely N-dealkylation sites (N-methyl/N-ethyl adjacent to an activating group) is 1. The molecular formula is C13H18Cl2N2O. The number of halogens is 2. The molecule has 1 amide bonds. The monoisotopic (exact) mass is 288 g/mol. The standard InChI is InChI=1S/C13H18Cl2N2O/c1-9(16-2)8-17-13(18)6-4-10-3-5-11(14)12(15)7-10/h3,5,7,9,16H,4,6,8H2,1-2H3,(H,17,18). The Morgan fingerprint density at radius 2 is 2.06 bits per heavy atom. The van der Waals surface area contributed by atoms with Gasteiger partial charge in [0.05, 0.1) is 10.0 Å². The molecule has 0 saturated heterocycles. The Kier molecular flexibility index (Phi) is 6.47. The van der Waals surface area contributed by atoms with Crippen molar-refractivity contribution in [3.63, 3.8) is 0 Å². The zero-order chi connectivity index (χ0) is 13.5. The maximum atomic E-state index is 11.6. The molecule has 0 aromatic heterocycles. The van der Waals surface area contributed by atoms with E-state index in [2.05, 4.69) is 10.6 Å². The maximum absolute atomic E-state index is 11.6. The van der Waals surface area contributed by atoms with Crippen molar-refractivity contribution >= 4 is 29.1 Å². The molecule has 0 aliphatic heterocycles. The van der Waals surface area contributed by atoms with E-state index < -0.39 is 0 Å². The summed E-state index contributed by atoms with van der Waals surface area (Å²) >= 11 is 11.7. The molecule has 3 nitrogen and oxygen atoms in total. The van der Waals surface area contributed by atoms with Gasteiger partial charge in [0.2, 0.25) is 5.91 Å². The Labute approximate surface area is 118 Å². The van der Waals surface area contributed by atoms with Gasteiger partial charge in [-0.25, -0.2) is 0 Å². The molecule has 1 rings (SSSR count). The van der Waals surface area contributed by atoms with Crippen molar-refractivity contribution in [1.29, 1.82) is 0 Å². The van der Waals surface area contributed by atoms with Crippen LogP contribution in [-0.4, -0.2) is 25.5 Å².